The zero-order valence-electron chi connectivity index (χ0n) is 40.3. The molecular weight excluding hydrogens is 883 g/mol. The minimum absolute atomic E-state index is 0. The van der Waals surface area contributed by atoms with E-state index in [4.69, 9.17) is 11.5 Å². The van der Waals surface area contributed by atoms with E-state index in [-0.39, 0.29) is 39.2 Å². The number of aliphatic hydroxyl groups excluding tert-OH is 1. The Labute approximate surface area is 401 Å². The van der Waals surface area contributed by atoms with E-state index >= 15 is 0 Å². The van der Waals surface area contributed by atoms with Crippen molar-refractivity contribution in [1.29, 1.82) is 0 Å². The van der Waals surface area contributed by atoms with Crippen molar-refractivity contribution in [3.8, 4) is 0 Å². The van der Waals surface area contributed by atoms with E-state index in [1.54, 1.807) is 85.7 Å². The quantitative estimate of drug-likeness (QED) is 0.0437. The zero-order valence-corrected chi connectivity index (χ0v) is 40.3. The summed E-state index contributed by atoms with van der Waals surface area (Å²) in [5.41, 5.74) is 11.9. The number of carbonyl (C=O) groups excluding carboxylic acids is 7. The molecular formula is C47H81N9O12. The van der Waals surface area contributed by atoms with Crippen molar-refractivity contribution in [2.75, 3.05) is 13.2 Å². The van der Waals surface area contributed by atoms with Crippen molar-refractivity contribution in [2.45, 2.75) is 169 Å². The molecule has 68 heavy (non-hydrogen) atoms. The Morgan fingerprint density at radius 3 is 1.46 bits per heavy atom. The summed E-state index contributed by atoms with van der Waals surface area (Å²) in [5, 5.41) is 47.0. The first-order valence-corrected chi connectivity index (χ1v) is 23.2. The Balaban J connectivity index is 0.0000449. The van der Waals surface area contributed by atoms with Crippen molar-refractivity contribution in [3.05, 3.63) is 35.9 Å². The van der Waals surface area contributed by atoms with Gasteiger partial charge < -0.3 is 64.0 Å². The fourth-order valence-electron chi connectivity index (χ4n) is 6.90. The van der Waals surface area contributed by atoms with Gasteiger partial charge in [-0.3, -0.25) is 38.4 Å². The standard InChI is InChI=1S/C46H77N9O12.CH4/c1-9-27(7)37(54-39(59)30(48)24-56)45(65)55-38(28(8)10-2)44(64)53-36(26(5)6)43(63)51-33(23-29-16-12-11-13-17-29)42(62)50-32(19-20-35(57)58)41(61)49-31(18-14-15-21-47)40(60)52-34(46(66)67)22-25(3)4;/h11-13,16-17,25-28,30-34,36-38,56H,9-10,14-15,18-24,47-48H2,1-8H3,(H,49,61)(H,50,62)(H,51,63)(H,52,60)(H,53,64)(H,54,59)(H,55,65)(H,57,58)(H,66,67);1H4. The third kappa shape index (κ3) is 22.0. The van der Waals surface area contributed by atoms with Crippen molar-refractivity contribution >= 4 is 53.3 Å². The average Bonchev–Trinajstić information content (AvgIpc) is 3.28. The summed E-state index contributed by atoms with van der Waals surface area (Å²) in [4.78, 5) is 120. The van der Waals surface area contributed by atoms with Crippen molar-refractivity contribution < 1.29 is 58.5 Å². The molecule has 7 amide bonds. The van der Waals surface area contributed by atoms with Gasteiger partial charge in [-0.25, -0.2) is 4.79 Å². The molecule has 0 saturated heterocycles. The molecule has 0 heterocycles. The van der Waals surface area contributed by atoms with Gasteiger partial charge in [-0.2, -0.15) is 0 Å². The maximum absolute atomic E-state index is 14.3. The van der Waals surface area contributed by atoms with Crippen LogP contribution in [0.2, 0.25) is 0 Å². The van der Waals surface area contributed by atoms with E-state index in [0.717, 1.165) is 0 Å². The van der Waals surface area contributed by atoms with Gasteiger partial charge in [-0.05, 0) is 67.9 Å². The lowest BCUT2D eigenvalue weighted by Crippen LogP contribution is -2.62. The molecule has 10 unspecified atom stereocenters. The van der Waals surface area contributed by atoms with E-state index in [9.17, 15) is 58.5 Å². The minimum atomic E-state index is -1.54. The summed E-state index contributed by atoms with van der Waals surface area (Å²) in [5.74, 6) is -9.69. The van der Waals surface area contributed by atoms with Gasteiger partial charge in [0.1, 0.15) is 48.3 Å². The molecule has 14 N–H and O–H groups in total. The summed E-state index contributed by atoms with van der Waals surface area (Å²) in [6.45, 7) is 13.5. The van der Waals surface area contributed by atoms with Gasteiger partial charge in [0.2, 0.25) is 41.4 Å². The third-order valence-electron chi connectivity index (χ3n) is 11.5. The highest BCUT2D eigenvalue weighted by atomic mass is 16.4. The monoisotopic (exact) mass is 964 g/mol. The molecule has 0 saturated carbocycles. The van der Waals surface area contributed by atoms with Crippen LogP contribution in [-0.2, 0) is 49.6 Å². The maximum atomic E-state index is 14.3. The summed E-state index contributed by atoms with van der Waals surface area (Å²) >= 11 is 0. The number of benzene rings is 1. The van der Waals surface area contributed by atoms with E-state index in [1.165, 1.54) is 0 Å². The van der Waals surface area contributed by atoms with Crippen LogP contribution in [0.5, 0.6) is 0 Å². The van der Waals surface area contributed by atoms with Gasteiger partial charge in [-0.1, -0.05) is 106 Å². The Morgan fingerprint density at radius 1 is 0.574 bits per heavy atom. The SMILES string of the molecule is C.CCC(C)C(NC(=O)C(N)CO)C(=O)NC(C(=O)NC(C(=O)NC(Cc1ccccc1)C(=O)NC(CCC(=O)O)C(=O)NC(CCCCN)C(=O)NC(CC(C)C)C(=O)O)C(C)C)C(C)CC. The fraction of sp³-hybridized carbons (Fsp3) is 0.681. The van der Waals surface area contributed by atoms with E-state index in [1.807, 2.05) is 0 Å². The number of hydrogen-bond acceptors (Lipinski definition) is 12. The van der Waals surface area contributed by atoms with E-state index in [2.05, 4.69) is 37.2 Å². The molecule has 21 nitrogen and oxygen atoms in total. The second kappa shape index (κ2) is 32.1. The molecule has 0 spiro atoms. The molecule has 386 valence electrons. The van der Waals surface area contributed by atoms with Gasteiger partial charge in [-0.15, -0.1) is 0 Å². The maximum Gasteiger partial charge on any atom is 0.326 e. The second-order valence-corrected chi connectivity index (χ2v) is 17.9. The molecule has 0 bridgehead atoms. The van der Waals surface area contributed by atoms with Crippen molar-refractivity contribution in [2.24, 2.45) is 35.1 Å². The van der Waals surface area contributed by atoms with Gasteiger partial charge in [0.25, 0.3) is 0 Å². The minimum Gasteiger partial charge on any atom is -0.481 e. The third-order valence-corrected chi connectivity index (χ3v) is 11.5. The van der Waals surface area contributed by atoms with Crippen LogP contribution < -0.4 is 48.7 Å². The smallest absolute Gasteiger partial charge is 0.326 e. The molecule has 0 radical (unpaired) electrons. The first-order chi connectivity index (χ1) is 31.5. The molecule has 0 aromatic heterocycles. The molecule has 1 aromatic rings. The molecule has 0 aliphatic rings. The molecule has 10 atom stereocenters. The molecule has 21 heteroatoms. The predicted molar refractivity (Wildman–Crippen MR) is 256 cm³/mol. The Hall–Kier alpha value is -5.67. The number of aliphatic hydroxyl groups is 1. The summed E-state index contributed by atoms with van der Waals surface area (Å²) < 4.78 is 0. The number of nitrogens with two attached hydrogens (primary N) is 2. The van der Waals surface area contributed by atoms with Crippen LogP contribution in [0.1, 0.15) is 120 Å². The van der Waals surface area contributed by atoms with Crippen molar-refractivity contribution in [3.63, 3.8) is 0 Å². The lowest BCUT2D eigenvalue weighted by Gasteiger charge is -2.31. The highest BCUT2D eigenvalue weighted by molar-refractivity contribution is 5.98. The fourth-order valence-corrected chi connectivity index (χ4v) is 6.90. The number of unbranched alkanes of at least 4 members (excludes halogenated alkanes) is 1. The Kier molecular flexibility index (Phi) is 29.5. The van der Waals surface area contributed by atoms with E-state index in [0.29, 0.717) is 31.2 Å². The van der Waals surface area contributed by atoms with Crippen LogP contribution >= 0.6 is 0 Å². The van der Waals surface area contributed by atoms with Crippen LogP contribution in [0.4, 0.5) is 0 Å². The van der Waals surface area contributed by atoms with Crippen LogP contribution in [0, 0.1) is 23.7 Å². The Morgan fingerprint density at radius 2 is 1.01 bits per heavy atom. The number of carboxylic acids is 2. The van der Waals surface area contributed by atoms with Gasteiger partial charge in [0.05, 0.1) is 6.61 Å². The number of carbonyl (C=O) groups is 9. The lowest BCUT2D eigenvalue weighted by atomic mass is 9.94. The number of amides is 7. The van der Waals surface area contributed by atoms with Gasteiger partial charge >= 0.3 is 11.9 Å². The summed E-state index contributed by atoms with van der Waals surface area (Å²) in [6, 6.07) is -1.80. The topological polar surface area (TPSA) is 351 Å². The number of hydrogen-bond donors (Lipinski definition) is 12. The van der Waals surface area contributed by atoms with Crippen LogP contribution in [0.25, 0.3) is 0 Å². The van der Waals surface area contributed by atoms with Gasteiger partial charge in [0.15, 0.2) is 0 Å². The first kappa shape index (κ1) is 62.3. The summed E-state index contributed by atoms with van der Waals surface area (Å²) in [6.07, 6.45) is 0.752. The molecule has 0 fully saturated rings. The number of aliphatic carboxylic acids is 2. The summed E-state index contributed by atoms with van der Waals surface area (Å²) in [7, 11) is 0. The van der Waals surface area contributed by atoms with E-state index < -0.39 is 139 Å². The zero-order chi connectivity index (χ0) is 51.0. The molecule has 1 aromatic carbocycles. The largest absolute Gasteiger partial charge is 0.481 e. The molecule has 0 aliphatic carbocycles. The van der Waals surface area contributed by atoms with Crippen LogP contribution in [0.15, 0.2) is 30.3 Å². The lowest BCUT2D eigenvalue weighted by molar-refractivity contribution is -0.143. The molecule has 0 aliphatic heterocycles. The number of nitrogens with one attached hydrogen (secondary N) is 7. The number of rotatable bonds is 32. The molecule has 1 rings (SSSR count). The van der Waals surface area contributed by atoms with Gasteiger partial charge in [0, 0.05) is 12.8 Å². The highest BCUT2D eigenvalue weighted by Crippen LogP contribution is 2.15. The van der Waals surface area contributed by atoms with Crippen LogP contribution in [0.3, 0.4) is 0 Å². The van der Waals surface area contributed by atoms with Crippen molar-refractivity contribution in [1.82, 2.24) is 37.2 Å². The Bertz CT molecular complexity index is 1780. The predicted octanol–water partition coefficient (Wildman–Crippen LogP) is 0.451. The highest BCUT2D eigenvalue weighted by Gasteiger charge is 2.37. The van der Waals surface area contributed by atoms with Crippen LogP contribution in [-0.4, -0.2) is 130 Å². The first-order valence-electron chi connectivity index (χ1n) is 23.2. The average molecular weight is 964 g/mol. The number of carboxylic acid groups (broad SMARTS) is 2. The second-order valence-electron chi connectivity index (χ2n) is 17.9. The normalized spacial score (nSPS) is 15.5.